The molecule has 2 rings (SSSR count). The van der Waals surface area contributed by atoms with Crippen molar-refractivity contribution in [2.24, 2.45) is 5.84 Å². The topological polar surface area (TPSA) is 114 Å². The van der Waals surface area contributed by atoms with E-state index >= 15 is 0 Å². The third-order valence-corrected chi connectivity index (χ3v) is 2.83. The van der Waals surface area contributed by atoms with Gasteiger partial charge in [-0.15, -0.1) is 0 Å². The predicted octanol–water partition coefficient (Wildman–Crippen LogP) is 2.33. The molecule has 0 saturated heterocycles. The quantitative estimate of drug-likeness (QED) is 0.494. The summed E-state index contributed by atoms with van der Waals surface area (Å²) in [6, 6.07) is 12.9. The van der Waals surface area contributed by atoms with Gasteiger partial charge in [-0.1, -0.05) is 0 Å². The zero-order valence-corrected chi connectivity index (χ0v) is 10.9. The SMILES string of the molecule is N#Cc1ccc(OCc2cc([N+](=O)[O-])ccc2NN)cc1. The zero-order valence-electron chi connectivity index (χ0n) is 10.9. The van der Waals surface area contributed by atoms with Crippen molar-refractivity contribution in [3.63, 3.8) is 0 Å². The highest BCUT2D eigenvalue weighted by molar-refractivity contribution is 5.55. The largest absolute Gasteiger partial charge is 0.489 e. The molecular formula is C14H12N4O3. The Morgan fingerprint density at radius 3 is 2.57 bits per heavy atom. The van der Waals surface area contributed by atoms with Crippen molar-refractivity contribution in [2.75, 3.05) is 5.43 Å². The molecule has 0 bridgehead atoms. The molecule has 0 radical (unpaired) electrons. The van der Waals surface area contributed by atoms with Gasteiger partial charge in [0.05, 0.1) is 22.2 Å². The maximum Gasteiger partial charge on any atom is 0.269 e. The Bertz CT molecular complexity index is 692. The van der Waals surface area contributed by atoms with E-state index in [1.807, 2.05) is 6.07 Å². The minimum Gasteiger partial charge on any atom is -0.489 e. The first kappa shape index (κ1) is 14.3. The number of nitriles is 1. The summed E-state index contributed by atoms with van der Waals surface area (Å²) in [6.07, 6.45) is 0. The first-order chi connectivity index (χ1) is 10.1. The van der Waals surface area contributed by atoms with Crippen LogP contribution in [-0.4, -0.2) is 4.92 Å². The van der Waals surface area contributed by atoms with Crippen molar-refractivity contribution in [1.82, 2.24) is 0 Å². The van der Waals surface area contributed by atoms with Gasteiger partial charge in [-0.3, -0.25) is 16.0 Å². The summed E-state index contributed by atoms with van der Waals surface area (Å²) in [4.78, 5) is 10.3. The highest BCUT2D eigenvalue weighted by Gasteiger charge is 2.11. The van der Waals surface area contributed by atoms with E-state index < -0.39 is 4.92 Å². The van der Waals surface area contributed by atoms with Gasteiger partial charge >= 0.3 is 0 Å². The molecule has 0 aliphatic heterocycles. The number of benzene rings is 2. The van der Waals surface area contributed by atoms with Crippen LogP contribution < -0.4 is 16.0 Å². The third-order valence-electron chi connectivity index (χ3n) is 2.83. The average Bonchev–Trinajstić information content (AvgIpc) is 2.53. The number of nitrogens with two attached hydrogens (primary N) is 1. The fourth-order valence-electron chi connectivity index (χ4n) is 1.74. The number of non-ortho nitro benzene ring substituents is 1. The smallest absolute Gasteiger partial charge is 0.269 e. The van der Waals surface area contributed by atoms with Crippen molar-refractivity contribution in [1.29, 1.82) is 5.26 Å². The number of nitrogens with one attached hydrogen (secondary N) is 1. The van der Waals surface area contributed by atoms with E-state index in [1.54, 1.807) is 24.3 Å². The summed E-state index contributed by atoms with van der Waals surface area (Å²) in [6.45, 7) is 0.118. The lowest BCUT2D eigenvalue weighted by Crippen LogP contribution is -2.10. The van der Waals surface area contributed by atoms with Gasteiger partial charge in [0.25, 0.3) is 5.69 Å². The van der Waals surface area contributed by atoms with Crippen LogP contribution in [0.1, 0.15) is 11.1 Å². The molecule has 0 spiro atoms. The first-order valence-electron chi connectivity index (χ1n) is 6.01. The van der Waals surface area contributed by atoms with Gasteiger partial charge in [0.15, 0.2) is 0 Å². The number of rotatable bonds is 5. The van der Waals surface area contributed by atoms with Gasteiger partial charge in [-0.25, -0.2) is 0 Å². The maximum atomic E-state index is 10.8. The summed E-state index contributed by atoms with van der Waals surface area (Å²) >= 11 is 0. The average molecular weight is 284 g/mol. The monoisotopic (exact) mass is 284 g/mol. The number of hydrazine groups is 1. The van der Waals surface area contributed by atoms with Crippen molar-refractivity contribution in [2.45, 2.75) is 6.61 Å². The second-order valence-corrected chi connectivity index (χ2v) is 4.17. The van der Waals surface area contributed by atoms with Crippen LogP contribution in [0.25, 0.3) is 0 Å². The number of nitrogen functional groups attached to an aromatic ring is 1. The number of nitro groups is 1. The lowest BCUT2D eigenvalue weighted by Gasteiger charge is -2.10. The van der Waals surface area contributed by atoms with Crippen molar-refractivity contribution in [3.8, 4) is 11.8 Å². The number of nitro benzene ring substituents is 1. The van der Waals surface area contributed by atoms with Crippen LogP contribution >= 0.6 is 0 Å². The second kappa shape index (κ2) is 6.36. The lowest BCUT2D eigenvalue weighted by atomic mass is 10.1. The summed E-state index contributed by atoms with van der Waals surface area (Å²) in [5, 5.41) is 19.5. The molecule has 0 amide bonds. The molecule has 3 N–H and O–H groups in total. The van der Waals surface area contributed by atoms with Crippen LogP contribution in [0.15, 0.2) is 42.5 Å². The Kier molecular flexibility index (Phi) is 4.33. The zero-order chi connectivity index (χ0) is 15.2. The van der Waals surface area contributed by atoms with Crippen LogP contribution in [0.3, 0.4) is 0 Å². The fraction of sp³-hybridized carbons (Fsp3) is 0.0714. The molecular weight excluding hydrogens is 272 g/mol. The van der Waals surface area contributed by atoms with Gasteiger partial charge in [-0.2, -0.15) is 5.26 Å². The predicted molar refractivity (Wildman–Crippen MR) is 76.4 cm³/mol. The van der Waals surface area contributed by atoms with E-state index in [-0.39, 0.29) is 12.3 Å². The fourth-order valence-corrected chi connectivity index (χ4v) is 1.74. The van der Waals surface area contributed by atoms with Crippen LogP contribution in [0.5, 0.6) is 5.75 Å². The van der Waals surface area contributed by atoms with Crippen molar-refractivity contribution >= 4 is 11.4 Å². The van der Waals surface area contributed by atoms with Gasteiger partial charge in [-0.05, 0) is 30.3 Å². The number of anilines is 1. The Labute approximate surface area is 120 Å². The van der Waals surface area contributed by atoms with Crippen LogP contribution in [0, 0.1) is 21.4 Å². The minimum atomic E-state index is -0.481. The maximum absolute atomic E-state index is 10.8. The van der Waals surface area contributed by atoms with Crippen molar-refractivity contribution < 1.29 is 9.66 Å². The Hall–Kier alpha value is -3.11. The van der Waals surface area contributed by atoms with Gasteiger partial charge < -0.3 is 10.2 Å². The van der Waals surface area contributed by atoms with Crippen LogP contribution in [-0.2, 0) is 6.61 Å². The molecule has 106 valence electrons. The summed E-state index contributed by atoms with van der Waals surface area (Å²) in [7, 11) is 0. The highest BCUT2D eigenvalue weighted by Crippen LogP contribution is 2.23. The molecule has 7 heteroatoms. The van der Waals surface area contributed by atoms with Gasteiger partial charge in [0, 0.05) is 17.7 Å². The lowest BCUT2D eigenvalue weighted by molar-refractivity contribution is -0.384. The molecule has 0 aliphatic rings. The Morgan fingerprint density at radius 1 is 1.29 bits per heavy atom. The molecule has 2 aromatic carbocycles. The summed E-state index contributed by atoms with van der Waals surface area (Å²) in [5.41, 5.74) is 4.08. The van der Waals surface area contributed by atoms with E-state index in [9.17, 15) is 10.1 Å². The van der Waals surface area contributed by atoms with E-state index in [1.165, 1.54) is 18.2 Å². The number of hydrogen-bond acceptors (Lipinski definition) is 6. The molecule has 21 heavy (non-hydrogen) atoms. The number of nitrogens with zero attached hydrogens (tertiary/aromatic N) is 2. The highest BCUT2D eigenvalue weighted by atomic mass is 16.6. The minimum absolute atomic E-state index is 0.0348. The normalized spacial score (nSPS) is 9.71. The molecule has 2 aromatic rings. The molecule has 0 atom stereocenters. The Morgan fingerprint density at radius 2 is 2.00 bits per heavy atom. The third kappa shape index (κ3) is 3.46. The molecule has 0 unspecified atom stereocenters. The van der Waals surface area contributed by atoms with E-state index in [4.69, 9.17) is 15.8 Å². The van der Waals surface area contributed by atoms with E-state index in [0.717, 1.165) is 0 Å². The Balaban J connectivity index is 2.16. The van der Waals surface area contributed by atoms with Gasteiger partial charge in [0.2, 0.25) is 0 Å². The molecule has 0 saturated carbocycles. The van der Waals surface area contributed by atoms with E-state index in [0.29, 0.717) is 22.6 Å². The molecule has 0 heterocycles. The van der Waals surface area contributed by atoms with Crippen LogP contribution in [0.2, 0.25) is 0 Å². The number of hydrogen-bond donors (Lipinski definition) is 2. The van der Waals surface area contributed by atoms with Crippen LogP contribution in [0.4, 0.5) is 11.4 Å². The van der Waals surface area contributed by atoms with Gasteiger partial charge in [0.1, 0.15) is 12.4 Å². The molecule has 0 aliphatic carbocycles. The molecule has 0 fully saturated rings. The second-order valence-electron chi connectivity index (χ2n) is 4.17. The van der Waals surface area contributed by atoms with E-state index in [2.05, 4.69) is 5.43 Å². The summed E-state index contributed by atoms with van der Waals surface area (Å²) in [5.74, 6) is 5.93. The summed E-state index contributed by atoms with van der Waals surface area (Å²) < 4.78 is 5.54. The standard InChI is InChI=1S/C14H12N4O3/c15-8-10-1-4-13(5-2-10)21-9-11-7-12(18(19)20)3-6-14(11)17-16/h1-7,17H,9,16H2. The number of ether oxygens (including phenoxy) is 1. The first-order valence-corrected chi connectivity index (χ1v) is 6.01. The van der Waals surface area contributed by atoms with Crippen molar-refractivity contribution in [3.05, 3.63) is 63.7 Å². The molecule has 0 aromatic heterocycles. The molecule has 7 nitrogen and oxygen atoms in total.